The van der Waals surface area contributed by atoms with Gasteiger partial charge in [0.1, 0.15) is 0 Å². The topological polar surface area (TPSA) is 24.1 Å². The molecule has 2 heteroatoms. The fraction of sp³-hybridized carbons (Fsp3) is 0.571. The van der Waals surface area contributed by atoms with E-state index >= 15 is 0 Å². The van der Waals surface area contributed by atoms with E-state index < -0.39 is 0 Å². The van der Waals surface area contributed by atoms with E-state index in [-0.39, 0.29) is 0 Å². The average Bonchev–Trinajstić information content (AvgIpc) is 2.75. The lowest BCUT2D eigenvalue weighted by Crippen LogP contribution is -2.43. The SMILES string of the molecule is c1cc2c3c(c1)C1CCCNC1CC3CN2. The predicted molar refractivity (Wildman–Crippen MR) is 66.1 cm³/mol. The van der Waals surface area contributed by atoms with E-state index in [0.29, 0.717) is 0 Å². The maximum absolute atomic E-state index is 3.72. The van der Waals surface area contributed by atoms with Crippen LogP contribution in [0.1, 0.15) is 42.2 Å². The van der Waals surface area contributed by atoms with Crippen molar-refractivity contribution in [2.24, 2.45) is 0 Å². The summed E-state index contributed by atoms with van der Waals surface area (Å²) in [4.78, 5) is 0. The molecule has 1 saturated heterocycles. The number of rotatable bonds is 0. The van der Waals surface area contributed by atoms with Gasteiger partial charge in [-0.3, -0.25) is 0 Å². The van der Waals surface area contributed by atoms with Gasteiger partial charge in [0.2, 0.25) is 0 Å². The van der Waals surface area contributed by atoms with Crippen LogP contribution in [0.4, 0.5) is 5.69 Å². The zero-order valence-corrected chi connectivity index (χ0v) is 9.50. The van der Waals surface area contributed by atoms with Crippen LogP contribution in [0.3, 0.4) is 0 Å². The Morgan fingerprint density at radius 1 is 1.25 bits per heavy atom. The van der Waals surface area contributed by atoms with Gasteiger partial charge in [0.05, 0.1) is 0 Å². The summed E-state index contributed by atoms with van der Waals surface area (Å²) in [6.07, 6.45) is 4.05. The molecule has 3 unspecified atom stereocenters. The molecule has 1 aromatic rings. The molecule has 2 aliphatic heterocycles. The van der Waals surface area contributed by atoms with E-state index in [0.717, 1.165) is 24.4 Å². The highest BCUT2D eigenvalue weighted by Gasteiger charge is 2.39. The van der Waals surface area contributed by atoms with Crippen LogP contribution in [0.5, 0.6) is 0 Å². The Hall–Kier alpha value is -1.02. The van der Waals surface area contributed by atoms with Crippen molar-refractivity contribution in [3.8, 4) is 0 Å². The highest BCUT2D eigenvalue weighted by Crippen LogP contribution is 2.48. The van der Waals surface area contributed by atoms with Crippen molar-refractivity contribution >= 4 is 5.69 Å². The molecule has 3 aliphatic rings. The molecule has 2 N–H and O–H groups in total. The van der Waals surface area contributed by atoms with Crippen molar-refractivity contribution in [2.45, 2.75) is 37.1 Å². The van der Waals surface area contributed by atoms with Gasteiger partial charge in [-0.2, -0.15) is 0 Å². The Labute approximate surface area is 96.4 Å². The molecule has 2 heterocycles. The minimum atomic E-state index is 0.737. The van der Waals surface area contributed by atoms with Crippen molar-refractivity contribution in [3.05, 3.63) is 29.3 Å². The first-order valence-corrected chi connectivity index (χ1v) is 6.53. The summed E-state index contributed by atoms with van der Waals surface area (Å²) >= 11 is 0. The Morgan fingerprint density at radius 2 is 2.25 bits per heavy atom. The molecule has 0 aromatic heterocycles. The molecule has 0 amide bonds. The van der Waals surface area contributed by atoms with Gasteiger partial charge in [-0.05, 0) is 48.9 Å². The Bertz CT molecular complexity index is 427. The monoisotopic (exact) mass is 214 g/mol. The number of benzene rings is 1. The molecular weight excluding hydrogens is 196 g/mol. The van der Waals surface area contributed by atoms with Crippen molar-refractivity contribution in [2.75, 3.05) is 18.4 Å². The minimum absolute atomic E-state index is 0.737. The zero-order valence-electron chi connectivity index (χ0n) is 9.50. The summed E-state index contributed by atoms with van der Waals surface area (Å²) in [6, 6.07) is 7.57. The average molecular weight is 214 g/mol. The first-order chi connectivity index (χ1) is 7.93. The summed E-state index contributed by atoms with van der Waals surface area (Å²) < 4.78 is 0. The predicted octanol–water partition coefficient (Wildman–Crippen LogP) is 2.43. The third-order valence-electron chi connectivity index (χ3n) is 4.61. The van der Waals surface area contributed by atoms with Crippen LogP contribution in [-0.4, -0.2) is 19.1 Å². The molecule has 84 valence electrons. The number of piperidine rings is 1. The lowest BCUT2D eigenvalue weighted by Gasteiger charge is -2.40. The largest absolute Gasteiger partial charge is 0.384 e. The summed E-state index contributed by atoms with van der Waals surface area (Å²) in [7, 11) is 0. The second-order valence-electron chi connectivity index (χ2n) is 5.43. The van der Waals surface area contributed by atoms with Gasteiger partial charge in [-0.1, -0.05) is 12.1 Å². The van der Waals surface area contributed by atoms with Crippen molar-refractivity contribution < 1.29 is 0 Å². The van der Waals surface area contributed by atoms with Crippen molar-refractivity contribution in [3.63, 3.8) is 0 Å². The molecule has 1 fully saturated rings. The van der Waals surface area contributed by atoms with E-state index in [9.17, 15) is 0 Å². The summed E-state index contributed by atoms with van der Waals surface area (Å²) in [5.41, 5.74) is 4.69. The maximum atomic E-state index is 3.72. The van der Waals surface area contributed by atoms with Crippen molar-refractivity contribution in [1.29, 1.82) is 0 Å². The Kier molecular flexibility index (Phi) is 1.83. The van der Waals surface area contributed by atoms with Crippen LogP contribution < -0.4 is 10.6 Å². The molecule has 0 saturated carbocycles. The number of anilines is 1. The van der Waals surface area contributed by atoms with E-state index in [2.05, 4.69) is 28.8 Å². The third kappa shape index (κ3) is 1.11. The van der Waals surface area contributed by atoms with E-state index in [1.165, 1.54) is 31.5 Å². The Morgan fingerprint density at radius 3 is 3.25 bits per heavy atom. The van der Waals surface area contributed by atoms with Crippen LogP contribution >= 0.6 is 0 Å². The van der Waals surface area contributed by atoms with E-state index in [1.54, 1.807) is 11.1 Å². The fourth-order valence-corrected chi connectivity index (χ4v) is 3.93. The van der Waals surface area contributed by atoms with Crippen LogP contribution in [0.2, 0.25) is 0 Å². The number of hydrogen-bond donors (Lipinski definition) is 2. The van der Waals surface area contributed by atoms with E-state index in [4.69, 9.17) is 0 Å². The molecular formula is C14H18N2. The smallest absolute Gasteiger partial charge is 0.0379 e. The van der Waals surface area contributed by atoms with Gasteiger partial charge in [-0.15, -0.1) is 0 Å². The minimum Gasteiger partial charge on any atom is -0.384 e. The van der Waals surface area contributed by atoms with Crippen LogP contribution in [-0.2, 0) is 0 Å². The maximum Gasteiger partial charge on any atom is 0.0379 e. The van der Waals surface area contributed by atoms with Crippen LogP contribution in [0.15, 0.2) is 18.2 Å². The first kappa shape index (κ1) is 9.06. The molecule has 0 spiro atoms. The molecule has 0 bridgehead atoms. The molecule has 16 heavy (non-hydrogen) atoms. The highest BCUT2D eigenvalue weighted by atomic mass is 15.0. The lowest BCUT2D eigenvalue weighted by atomic mass is 9.71. The number of nitrogens with one attached hydrogen (secondary N) is 2. The van der Waals surface area contributed by atoms with Gasteiger partial charge >= 0.3 is 0 Å². The van der Waals surface area contributed by atoms with Crippen LogP contribution in [0, 0.1) is 0 Å². The second kappa shape index (κ2) is 3.24. The lowest BCUT2D eigenvalue weighted by molar-refractivity contribution is 0.303. The van der Waals surface area contributed by atoms with Gasteiger partial charge < -0.3 is 10.6 Å². The quantitative estimate of drug-likeness (QED) is 0.693. The van der Waals surface area contributed by atoms with Gasteiger partial charge in [-0.25, -0.2) is 0 Å². The van der Waals surface area contributed by atoms with Gasteiger partial charge in [0.15, 0.2) is 0 Å². The second-order valence-corrected chi connectivity index (χ2v) is 5.43. The summed E-state index contributed by atoms with van der Waals surface area (Å²) in [6.45, 7) is 2.37. The highest BCUT2D eigenvalue weighted by molar-refractivity contribution is 5.63. The molecule has 1 aromatic carbocycles. The molecule has 3 atom stereocenters. The standard InChI is InChI=1S/C14H18N2/c1-3-11-10-4-2-6-15-13(10)7-9-8-16-12(5-1)14(9)11/h1,3,5,9-10,13,15-16H,2,4,6-8H2. The number of fused-ring (bicyclic) bond motifs is 2. The number of hydrogen-bond acceptors (Lipinski definition) is 2. The molecule has 2 nitrogen and oxygen atoms in total. The van der Waals surface area contributed by atoms with E-state index in [1.807, 2.05) is 0 Å². The third-order valence-corrected chi connectivity index (χ3v) is 4.61. The van der Waals surface area contributed by atoms with Crippen LogP contribution in [0.25, 0.3) is 0 Å². The Balaban J connectivity index is 1.86. The summed E-state index contributed by atoms with van der Waals surface area (Å²) in [5.74, 6) is 1.54. The van der Waals surface area contributed by atoms with Crippen molar-refractivity contribution in [1.82, 2.24) is 5.32 Å². The molecule has 1 aliphatic carbocycles. The summed E-state index contributed by atoms with van der Waals surface area (Å²) in [5, 5.41) is 7.29. The van der Waals surface area contributed by atoms with Gasteiger partial charge in [0, 0.05) is 24.2 Å². The van der Waals surface area contributed by atoms with Gasteiger partial charge in [0.25, 0.3) is 0 Å². The first-order valence-electron chi connectivity index (χ1n) is 6.53. The zero-order chi connectivity index (χ0) is 10.5. The molecule has 0 radical (unpaired) electrons. The fourth-order valence-electron chi connectivity index (χ4n) is 3.93. The molecule has 4 rings (SSSR count). The normalized spacial score (nSPS) is 35.1.